The molecule has 1 aromatic heterocycles. The fourth-order valence-corrected chi connectivity index (χ4v) is 3.80. The van der Waals surface area contributed by atoms with Gasteiger partial charge in [0, 0.05) is 37.0 Å². The van der Waals surface area contributed by atoms with E-state index in [1.807, 2.05) is 30.5 Å². The van der Waals surface area contributed by atoms with Crippen LogP contribution in [0.25, 0.3) is 0 Å². The second-order valence-electron chi connectivity index (χ2n) is 7.39. The second-order valence-corrected chi connectivity index (χ2v) is 7.39. The highest BCUT2D eigenvalue weighted by Gasteiger charge is 2.38. The minimum Gasteiger partial charge on any atom is -0.366 e. The van der Waals surface area contributed by atoms with Crippen LogP contribution in [0.3, 0.4) is 0 Å². The van der Waals surface area contributed by atoms with E-state index in [1.165, 1.54) is 5.56 Å². The molecule has 2 aromatic rings. The zero-order valence-corrected chi connectivity index (χ0v) is 15.1. The maximum absolute atomic E-state index is 11.5. The van der Waals surface area contributed by atoms with Crippen molar-refractivity contribution in [2.45, 2.75) is 32.1 Å². The topological polar surface area (TPSA) is 59.2 Å². The van der Waals surface area contributed by atoms with Crippen molar-refractivity contribution in [1.29, 1.82) is 0 Å². The van der Waals surface area contributed by atoms with Crippen molar-refractivity contribution in [3.05, 3.63) is 65.5 Å². The number of amides is 1. The molecule has 1 aliphatic heterocycles. The molecule has 1 saturated heterocycles. The Morgan fingerprint density at radius 2 is 2.16 bits per heavy atom. The molecule has 2 N–H and O–H groups in total. The van der Waals surface area contributed by atoms with Crippen LogP contribution in [0.1, 0.15) is 41.9 Å². The highest BCUT2D eigenvalue weighted by Crippen LogP contribution is 2.39. The Labute approximate surface area is 150 Å². The molecule has 0 spiro atoms. The lowest BCUT2D eigenvalue weighted by Crippen LogP contribution is -2.47. The van der Waals surface area contributed by atoms with Gasteiger partial charge in [0.25, 0.3) is 0 Å². The summed E-state index contributed by atoms with van der Waals surface area (Å²) in [6, 6.07) is 13.9. The standard InChI is InChI=1S/C21H27N3O/c1-16-15-24(12-9-19-8-3-4-11-23-19)13-10-21(16,2)18-7-5-6-17(14-18)20(22)25/h3-8,11,14,16H,9-10,12-13,15H2,1-2H3,(H2,22,25). The number of pyridine rings is 1. The van der Waals surface area contributed by atoms with Crippen molar-refractivity contribution < 1.29 is 4.79 Å². The lowest BCUT2D eigenvalue weighted by atomic mass is 9.68. The molecule has 3 rings (SSSR count). The minimum atomic E-state index is -0.356. The van der Waals surface area contributed by atoms with Crippen molar-refractivity contribution in [1.82, 2.24) is 9.88 Å². The number of primary amides is 1. The first kappa shape index (κ1) is 17.6. The maximum Gasteiger partial charge on any atom is 0.248 e. The Morgan fingerprint density at radius 3 is 2.84 bits per heavy atom. The summed E-state index contributed by atoms with van der Waals surface area (Å²) in [7, 11) is 0. The Bertz CT molecular complexity index is 731. The Morgan fingerprint density at radius 1 is 1.32 bits per heavy atom. The molecule has 2 atom stereocenters. The summed E-state index contributed by atoms with van der Waals surface area (Å²) >= 11 is 0. The third-order valence-corrected chi connectivity index (χ3v) is 5.78. The van der Waals surface area contributed by atoms with Crippen LogP contribution in [0, 0.1) is 5.92 Å². The molecule has 0 radical (unpaired) electrons. The fourth-order valence-electron chi connectivity index (χ4n) is 3.80. The third-order valence-electron chi connectivity index (χ3n) is 5.78. The number of piperidine rings is 1. The van der Waals surface area contributed by atoms with Gasteiger partial charge in [-0.25, -0.2) is 0 Å². The highest BCUT2D eigenvalue weighted by molar-refractivity contribution is 5.92. The summed E-state index contributed by atoms with van der Waals surface area (Å²) in [6.07, 6.45) is 3.93. The summed E-state index contributed by atoms with van der Waals surface area (Å²) in [5.41, 5.74) is 8.50. The van der Waals surface area contributed by atoms with Crippen molar-refractivity contribution in [2.75, 3.05) is 19.6 Å². The van der Waals surface area contributed by atoms with Gasteiger partial charge in [0.2, 0.25) is 5.91 Å². The van der Waals surface area contributed by atoms with Crippen molar-refractivity contribution in [3.8, 4) is 0 Å². The lowest BCUT2D eigenvalue weighted by molar-refractivity contribution is 0.0998. The van der Waals surface area contributed by atoms with Gasteiger partial charge in [-0.15, -0.1) is 0 Å². The Balaban J connectivity index is 1.66. The van der Waals surface area contributed by atoms with Gasteiger partial charge in [-0.3, -0.25) is 9.78 Å². The van der Waals surface area contributed by atoms with Crippen LogP contribution < -0.4 is 5.73 Å². The van der Waals surface area contributed by atoms with Gasteiger partial charge in [-0.05, 0) is 54.1 Å². The van der Waals surface area contributed by atoms with Crippen LogP contribution in [0.4, 0.5) is 0 Å². The minimum absolute atomic E-state index is 0.0763. The van der Waals surface area contributed by atoms with Gasteiger partial charge in [0.1, 0.15) is 0 Å². The molecular formula is C21H27N3O. The average molecular weight is 337 g/mol. The molecule has 25 heavy (non-hydrogen) atoms. The first-order valence-corrected chi connectivity index (χ1v) is 9.01. The second kappa shape index (κ2) is 7.36. The first-order valence-electron chi connectivity index (χ1n) is 9.01. The van der Waals surface area contributed by atoms with Gasteiger partial charge in [-0.1, -0.05) is 32.0 Å². The molecule has 1 aliphatic rings. The number of benzene rings is 1. The number of carbonyl (C=O) groups is 1. The highest BCUT2D eigenvalue weighted by atomic mass is 16.1. The van der Waals surface area contributed by atoms with Gasteiger partial charge >= 0.3 is 0 Å². The van der Waals surface area contributed by atoms with Crippen LogP contribution in [-0.2, 0) is 11.8 Å². The van der Waals surface area contributed by atoms with Gasteiger partial charge in [-0.2, -0.15) is 0 Å². The zero-order valence-electron chi connectivity index (χ0n) is 15.1. The molecule has 1 fully saturated rings. The molecule has 0 saturated carbocycles. The summed E-state index contributed by atoms with van der Waals surface area (Å²) in [4.78, 5) is 18.4. The number of rotatable bonds is 5. The smallest absolute Gasteiger partial charge is 0.248 e. The number of nitrogens with zero attached hydrogens (tertiary/aromatic N) is 2. The lowest BCUT2D eigenvalue weighted by Gasteiger charge is -2.45. The molecule has 4 heteroatoms. The molecular weight excluding hydrogens is 310 g/mol. The number of nitrogens with two attached hydrogens (primary N) is 1. The quantitative estimate of drug-likeness (QED) is 0.912. The summed E-state index contributed by atoms with van der Waals surface area (Å²) in [6.45, 7) is 7.79. The molecule has 1 amide bonds. The number of carbonyl (C=O) groups excluding carboxylic acids is 1. The van der Waals surface area contributed by atoms with Gasteiger partial charge in [0.15, 0.2) is 0 Å². The predicted molar refractivity (Wildman–Crippen MR) is 100 cm³/mol. The maximum atomic E-state index is 11.5. The van der Waals surface area contributed by atoms with E-state index in [-0.39, 0.29) is 11.3 Å². The zero-order chi connectivity index (χ0) is 17.9. The van der Waals surface area contributed by atoms with Crippen molar-refractivity contribution in [3.63, 3.8) is 0 Å². The molecule has 2 heterocycles. The molecule has 1 aromatic carbocycles. The van der Waals surface area contributed by atoms with Crippen LogP contribution >= 0.6 is 0 Å². The van der Waals surface area contributed by atoms with Gasteiger partial charge in [0.05, 0.1) is 0 Å². The number of likely N-dealkylation sites (tertiary alicyclic amines) is 1. The van der Waals surface area contributed by atoms with E-state index >= 15 is 0 Å². The van der Waals surface area contributed by atoms with E-state index in [0.29, 0.717) is 11.5 Å². The van der Waals surface area contributed by atoms with Crippen molar-refractivity contribution in [2.24, 2.45) is 11.7 Å². The van der Waals surface area contributed by atoms with E-state index in [0.717, 1.165) is 38.2 Å². The van der Waals surface area contributed by atoms with Crippen LogP contribution in [-0.4, -0.2) is 35.4 Å². The number of hydrogen-bond donors (Lipinski definition) is 1. The van der Waals surface area contributed by atoms with E-state index in [1.54, 1.807) is 6.07 Å². The van der Waals surface area contributed by atoms with Crippen molar-refractivity contribution >= 4 is 5.91 Å². The van der Waals surface area contributed by atoms with E-state index in [9.17, 15) is 4.79 Å². The Hall–Kier alpha value is -2.20. The SMILES string of the molecule is CC1CN(CCc2ccccn2)CCC1(C)c1cccc(C(N)=O)c1. The molecule has 0 aliphatic carbocycles. The average Bonchev–Trinajstić information content (AvgIpc) is 2.64. The molecule has 2 unspecified atom stereocenters. The number of aromatic nitrogens is 1. The van der Waals surface area contributed by atoms with Crippen LogP contribution in [0.5, 0.6) is 0 Å². The van der Waals surface area contributed by atoms with Crippen LogP contribution in [0.15, 0.2) is 48.7 Å². The summed E-state index contributed by atoms with van der Waals surface area (Å²) in [5, 5.41) is 0. The van der Waals surface area contributed by atoms with Gasteiger partial charge < -0.3 is 10.6 Å². The number of hydrogen-bond acceptors (Lipinski definition) is 3. The fraction of sp³-hybridized carbons (Fsp3) is 0.429. The largest absolute Gasteiger partial charge is 0.366 e. The Kier molecular flexibility index (Phi) is 5.19. The first-order chi connectivity index (χ1) is 12.0. The van der Waals surface area contributed by atoms with E-state index in [4.69, 9.17) is 5.73 Å². The van der Waals surface area contributed by atoms with E-state index in [2.05, 4.69) is 35.9 Å². The predicted octanol–water partition coefficient (Wildman–Crippen LogP) is 3.02. The van der Waals surface area contributed by atoms with E-state index < -0.39 is 0 Å². The monoisotopic (exact) mass is 337 g/mol. The third kappa shape index (κ3) is 3.90. The summed E-state index contributed by atoms with van der Waals surface area (Å²) < 4.78 is 0. The van der Waals surface area contributed by atoms with Crippen LogP contribution in [0.2, 0.25) is 0 Å². The molecule has 4 nitrogen and oxygen atoms in total. The normalized spacial score (nSPS) is 24.2. The molecule has 0 bridgehead atoms. The summed E-state index contributed by atoms with van der Waals surface area (Å²) in [5.74, 6) is 0.152. The molecule has 132 valence electrons.